The number of hydrogen-bond acceptors (Lipinski definition) is 2. The molecule has 0 spiro atoms. The summed E-state index contributed by atoms with van der Waals surface area (Å²) >= 11 is 0. The topological polar surface area (TPSA) is 26.3 Å². The fraction of sp³-hybridized carbons (Fsp3) is 0.500. The number of unbranched alkanes of at least 4 members (excludes halogenated alkanes) is 2. The normalized spacial score (nSPS) is 10.3. The minimum Gasteiger partial charge on any atom is -0.382 e. The SMILES string of the molecule is CCOCCCCCC(=O)c1ccccc1. The number of carbonyl (C=O) groups is 1. The van der Waals surface area contributed by atoms with Crippen molar-refractivity contribution in [2.75, 3.05) is 13.2 Å². The van der Waals surface area contributed by atoms with E-state index in [9.17, 15) is 4.79 Å². The van der Waals surface area contributed by atoms with E-state index in [1.54, 1.807) is 0 Å². The van der Waals surface area contributed by atoms with Crippen LogP contribution in [0, 0.1) is 0 Å². The summed E-state index contributed by atoms with van der Waals surface area (Å²) in [5.74, 6) is 0.247. The van der Waals surface area contributed by atoms with Gasteiger partial charge in [0.25, 0.3) is 0 Å². The van der Waals surface area contributed by atoms with Gasteiger partial charge in [-0.1, -0.05) is 36.8 Å². The molecule has 0 saturated heterocycles. The Labute approximate surface area is 97.6 Å². The molecule has 0 aromatic heterocycles. The highest BCUT2D eigenvalue weighted by Gasteiger charge is 2.03. The second kappa shape index (κ2) is 8.05. The first-order chi connectivity index (χ1) is 7.84. The Morgan fingerprint density at radius 1 is 1.12 bits per heavy atom. The predicted octanol–water partition coefficient (Wildman–Crippen LogP) is 3.47. The largest absolute Gasteiger partial charge is 0.382 e. The van der Waals surface area contributed by atoms with Crippen molar-refractivity contribution in [2.24, 2.45) is 0 Å². The maximum Gasteiger partial charge on any atom is 0.162 e. The molecule has 1 aromatic rings. The van der Waals surface area contributed by atoms with E-state index in [-0.39, 0.29) is 5.78 Å². The van der Waals surface area contributed by atoms with Gasteiger partial charge >= 0.3 is 0 Å². The molecule has 88 valence electrons. The molecule has 2 nitrogen and oxygen atoms in total. The van der Waals surface area contributed by atoms with E-state index >= 15 is 0 Å². The lowest BCUT2D eigenvalue weighted by Gasteiger charge is -2.02. The molecule has 0 bridgehead atoms. The van der Waals surface area contributed by atoms with Gasteiger partial charge in [-0.05, 0) is 19.8 Å². The van der Waals surface area contributed by atoms with Crippen LogP contribution in [0.25, 0.3) is 0 Å². The predicted molar refractivity (Wildman–Crippen MR) is 65.7 cm³/mol. The van der Waals surface area contributed by atoms with Crippen molar-refractivity contribution in [2.45, 2.75) is 32.6 Å². The monoisotopic (exact) mass is 220 g/mol. The van der Waals surface area contributed by atoms with Gasteiger partial charge in [0, 0.05) is 25.2 Å². The third-order valence-electron chi connectivity index (χ3n) is 2.49. The Morgan fingerprint density at radius 3 is 2.56 bits per heavy atom. The van der Waals surface area contributed by atoms with Gasteiger partial charge in [-0.2, -0.15) is 0 Å². The summed E-state index contributed by atoms with van der Waals surface area (Å²) in [6.07, 6.45) is 3.73. The van der Waals surface area contributed by atoms with Crippen LogP contribution in [-0.4, -0.2) is 19.0 Å². The minimum absolute atomic E-state index is 0.247. The molecule has 0 atom stereocenters. The van der Waals surface area contributed by atoms with E-state index in [1.165, 1.54) is 0 Å². The Hall–Kier alpha value is -1.15. The standard InChI is InChI=1S/C14H20O2/c1-2-16-12-8-4-7-11-14(15)13-9-5-3-6-10-13/h3,5-6,9-10H,2,4,7-8,11-12H2,1H3. The van der Waals surface area contributed by atoms with Crippen LogP contribution in [-0.2, 0) is 4.74 Å². The van der Waals surface area contributed by atoms with Crippen LogP contribution in [0.4, 0.5) is 0 Å². The van der Waals surface area contributed by atoms with Crippen molar-refractivity contribution in [1.82, 2.24) is 0 Å². The number of carbonyl (C=O) groups excluding carboxylic acids is 1. The van der Waals surface area contributed by atoms with Gasteiger partial charge in [0.15, 0.2) is 5.78 Å². The third-order valence-corrected chi connectivity index (χ3v) is 2.49. The van der Waals surface area contributed by atoms with Crippen LogP contribution in [0.3, 0.4) is 0 Å². The fourth-order valence-corrected chi connectivity index (χ4v) is 1.58. The highest BCUT2D eigenvalue weighted by Crippen LogP contribution is 2.07. The molecular formula is C14H20O2. The van der Waals surface area contributed by atoms with E-state index < -0.39 is 0 Å². The van der Waals surface area contributed by atoms with Crippen molar-refractivity contribution in [3.8, 4) is 0 Å². The Balaban J connectivity index is 2.12. The van der Waals surface area contributed by atoms with Crippen molar-refractivity contribution in [3.63, 3.8) is 0 Å². The van der Waals surface area contributed by atoms with Crippen LogP contribution >= 0.6 is 0 Å². The number of hydrogen-bond donors (Lipinski definition) is 0. The molecule has 0 radical (unpaired) electrons. The lowest BCUT2D eigenvalue weighted by Crippen LogP contribution is -1.99. The molecule has 0 aliphatic heterocycles. The summed E-state index contributed by atoms with van der Waals surface area (Å²) in [6, 6.07) is 9.49. The summed E-state index contributed by atoms with van der Waals surface area (Å²) in [5, 5.41) is 0. The molecule has 1 aromatic carbocycles. The minimum atomic E-state index is 0.247. The Kier molecular flexibility index (Phi) is 6.50. The van der Waals surface area contributed by atoms with Gasteiger partial charge in [0.1, 0.15) is 0 Å². The van der Waals surface area contributed by atoms with Gasteiger partial charge < -0.3 is 4.74 Å². The molecule has 0 fully saturated rings. The van der Waals surface area contributed by atoms with Crippen LogP contribution in [0.15, 0.2) is 30.3 Å². The maximum atomic E-state index is 11.7. The smallest absolute Gasteiger partial charge is 0.162 e. The molecule has 0 saturated carbocycles. The summed E-state index contributed by atoms with van der Waals surface area (Å²) in [4.78, 5) is 11.7. The Bertz CT molecular complexity index is 293. The summed E-state index contributed by atoms with van der Waals surface area (Å²) < 4.78 is 5.24. The quantitative estimate of drug-likeness (QED) is 0.495. The first-order valence-corrected chi connectivity index (χ1v) is 6.00. The Morgan fingerprint density at radius 2 is 1.88 bits per heavy atom. The van der Waals surface area contributed by atoms with Crippen LogP contribution < -0.4 is 0 Å². The number of ketones is 1. The van der Waals surface area contributed by atoms with Crippen molar-refractivity contribution in [1.29, 1.82) is 0 Å². The van der Waals surface area contributed by atoms with Gasteiger partial charge in [0.05, 0.1) is 0 Å². The van der Waals surface area contributed by atoms with Crippen LogP contribution in [0.2, 0.25) is 0 Å². The van der Waals surface area contributed by atoms with Gasteiger partial charge in [-0.15, -0.1) is 0 Å². The molecule has 1 rings (SSSR count). The molecule has 0 heterocycles. The lowest BCUT2D eigenvalue weighted by molar-refractivity contribution is 0.0976. The highest BCUT2D eigenvalue weighted by molar-refractivity contribution is 5.95. The maximum absolute atomic E-state index is 11.7. The fourth-order valence-electron chi connectivity index (χ4n) is 1.58. The second-order valence-corrected chi connectivity index (χ2v) is 3.80. The summed E-state index contributed by atoms with van der Waals surface area (Å²) in [6.45, 7) is 3.60. The molecule has 16 heavy (non-hydrogen) atoms. The lowest BCUT2D eigenvalue weighted by atomic mass is 10.1. The van der Waals surface area contributed by atoms with E-state index in [4.69, 9.17) is 4.74 Å². The van der Waals surface area contributed by atoms with Crippen LogP contribution in [0.5, 0.6) is 0 Å². The van der Waals surface area contributed by atoms with Crippen molar-refractivity contribution in [3.05, 3.63) is 35.9 Å². The first kappa shape index (κ1) is 12.9. The molecule has 0 aliphatic carbocycles. The van der Waals surface area contributed by atoms with Gasteiger partial charge in [-0.25, -0.2) is 0 Å². The van der Waals surface area contributed by atoms with Crippen molar-refractivity contribution >= 4 is 5.78 Å². The van der Waals surface area contributed by atoms with Crippen LogP contribution in [0.1, 0.15) is 43.0 Å². The molecular weight excluding hydrogens is 200 g/mol. The van der Waals surface area contributed by atoms with Crippen molar-refractivity contribution < 1.29 is 9.53 Å². The molecule has 0 amide bonds. The zero-order valence-corrected chi connectivity index (χ0v) is 9.95. The van der Waals surface area contributed by atoms with E-state index in [0.717, 1.165) is 38.0 Å². The van der Waals surface area contributed by atoms with Gasteiger partial charge in [0.2, 0.25) is 0 Å². The van der Waals surface area contributed by atoms with E-state index in [1.807, 2.05) is 37.3 Å². The van der Waals surface area contributed by atoms with E-state index in [2.05, 4.69) is 0 Å². The zero-order valence-electron chi connectivity index (χ0n) is 9.95. The number of rotatable bonds is 8. The first-order valence-electron chi connectivity index (χ1n) is 6.00. The molecule has 2 heteroatoms. The highest BCUT2D eigenvalue weighted by atomic mass is 16.5. The van der Waals surface area contributed by atoms with Gasteiger partial charge in [-0.3, -0.25) is 4.79 Å². The number of ether oxygens (including phenoxy) is 1. The third kappa shape index (κ3) is 5.08. The number of benzene rings is 1. The number of Topliss-reactive ketones (excluding diaryl/α,β-unsaturated/α-hetero) is 1. The van der Waals surface area contributed by atoms with E-state index in [0.29, 0.717) is 6.42 Å². The average molecular weight is 220 g/mol. The summed E-state index contributed by atoms with van der Waals surface area (Å²) in [7, 11) is 0. The average Bonchev–Trinajstić information content (AvgIpc) is 2.34. The second-order valence-electron chi connectivity index (χ2n) is 3.80. The zero-order chi connectivity index (χ0) is 11.6. The summed E-state index contributed by atoms with van der Waals surface area (Å²) in [5.41, 5.74) is 0.826. The molecule has 0 aliphatic rings. The molecule has 0 unspecified atom stereocenters. The molecule has 0 N–H and O–H groups in total.